The fraction of sp³-hybridized carbons (Fsp3) is 0.312. The molecule has 0 unspecified atom stereocenters. The maximum atomic E-state index is 12.2. The minimum absolute atomic E-state index is 0.0266. The molecular formula is C16H19NO3. The smallest absolute Gasteiger partial charge is 0.255 e. The summed E-state index contributed by atoms with van der Waals surface area (Å²) in [4.78, 5) is 12.2. The molecule has 0 aliphatic carbocycles. The van der Waals surface area contributed by atoms with Gasteiger partial charge >= 0.3 is 0 Å². The Morgan fingerprint density at radius 3 is 2.20 bits per heavy atom. The number of benzene rings is 1. The lowest BCUT2D eigenvalue weighted by Crippen LogP contribution is -2.34. The lowest BCUT2D eigenvalue weighted by molar-refractivity contribution is 0.384. The van der Waals surface area contributed by atoms with Crippen LogP contribution in [-0.4, -0.2) is 16.8 Å². The van der Waals surface area contributed by atoms with E-state index >= 15 is 0 Å². The molecule has 4 nitrogen and oxygen atoms in total. The molecule has 0 saturated carbocycles. The van der Waals surface area contributed by atoms with Crippen molar-refractivity contribution in [1.82, 2.24) is 4.57 Å². The van der Waals surface area contributed by atoms with Crippen LogP contribution in [0.2, 0.25) is 0 Å². The molecule has 20 heavy (non-hydrogen) atoms. The summed E-state index contributed by atoms with van der Waals surface area (Å²) in [6.45, 7) is 5.87. The van der Waals surface area contributed by atoms with Crippen molar-refractivity contribution in [3.05, 3.63) is 46.8 Å². The third-order valence-corrected chi connectivity index (χ3v) is 3.07. The molecule has 2 rings (SSSR count). The van der Waals surface area contributed by atoms with E-state index in [0.717, 1.165) is 11.3 Å². The predicted octanol–water partition coefficient (Wildman–Crippen LogP) is 2.98. The number of methoxy groups -OCH3 is 1. The van der Waals surface area contributed by atoms with Gasteiger partial charge in [0.25, 0.3) is 5.56 Å². The largest absolute Gasteiger partial charge is 0.508 e. The lowest BCUT2D eigenvalue weighted by Gasteiger charge is -2.26. The molecule has 2 aromatic rings. The van der Waals surface area contributed by atoms with Crippen LogP contribution in [0.3, 0.4) is 0 Å². The molecule has 0 amide bonds. The Hall–Kier alpha value is -2.23. The van der Waals surface area contributed by atoms with Gasteiger partial charge in [0.1, 0.15) is 11.5 Å². The van der Waals surface area contributed by atoms with Crippen LogP contribution in [0, 0.1) is 0 Å². The number of hydrogen-bond acceptors (Lipinski definition) is 3. The molecule has 0 bridgehead atoms. The Morgan fingerprint density at radius 1 is 1.10 bits per heavy atom. The van der Waals surface area contributed by atoms with Gasteiger partial charge in [-0.25, -0.2) is 0 Å². The molecule has 0 fully saturated rings. The molecule has 1 N–H and O–H groups in total. The molecular weight excluding hydrogens is 254 g/mol. The molecule has 0 aliphatic heterocycles. The van der Waals surface area contributed by atoms with Crippen LogP contribution in [0.1, 0.15) is 20.8 Å². The van der Waals surface area contributed by atoms with Crippen molar-refractivity contribution in [2.45, 2.75) is 26.3 Å². The van der Waals surface area contributed by atoms with Gasteiger partial charge in [-0.3, -0.25) is 4.79 Å². The monoisotopic (exact) mass is 273 g/mol. The first-order valence-electron chi connectivity index (χ1n) is 6.44. The fourth-order valence-electron chi connectivity index (χ4n) is 2.22. The van der Waals surface area contributed by atoms with Gasteiger partial charge in [0.05, 0.1) is 12.8 Å². The number of aromatic hydroxyl groups is 1. The third kappa shape index (κ3) is 2.69. The third-order valence-electron chi connectivity index (χ3n) is 3.07. The van der Waals surface area contributed by atoms with E-state index < -0.39 is 0 Å². The first kappa shape index (κ1) is 14.2. The summed E-state index contributed by atoms with van der Waals surface area (Å²) in [5.41, 5.74) is 0.947. The Labute approximate surface area is 118 Å². The molecule has 0 spiro atoms. The topological polar surface area (TPSA) is 51.5 Å². The second-order valence-corrected chi connectivity index (χ2v) is 5.67. The van der Waals surface area contributed by atoms with Crippen LogP contribution in [0.5, 0.6) is 11.5 Å². The van der Waals surface area contributed by atoms with Crippen LogP contribution in [0.15, 0.2) is 41.2 Å². The van der Waals surface area contributed by atoms with Crippen LogP contribution >= 0.6 is 0 Å². The molecule has 1 aromatic heterocycles. The van der Waals surface area contributed by atoms with Gasteiger partial charge in [0.15, 0.2) is 0 Å². The van der Waals surface area contributed by atoms with Gasteiger partial charge in [-0.15, -0.1) is 0 Å². The summed E-state index contributed by atoms with van der Waals surface area (Å²) in [5.74, 6) is 0.722. The van der Waals surface area contributed by atoms with Crippen molar-refractivity contribution in [1.29, 1.82) is 0 Å². The number of pyridine rings is 1. The average molecular weight is 273 g/mol. The van der Waals surface area contributed by atoms with Crippen molar-refractivity contribution in [3.63, 3.8) is 0 Å². The first-order valence-corrected chi connectivity index (χ1v) is 6.44. The molecule has 1 heterocycles. The Bertz CT molecular complexity index is 664. The van der Waals surface area contributed by atoms with Gasteiger partial charge in [-0.2, -0.15) is 0 Å². The highest BCUT2D eigenvalue weighted by Crippen LogP contribution is 2.27. The summed E-state index contributed by atoms with van der Waals surface area (Å²) in [6, 6.07) is 10.2. The van der Waals surface area contributed by atoms with Crippen LogP contribution in [0.4, 0.5) is 0 Å². The Morgan fingerprint density at radius 2 is 1.70 bits per heavy atom. The highest BCUT2D eigenvalue weighted by molar-refractivity contribution is 5.62. The number of ether oxygens (including phenoxy) is 1. The normalized spacial score (nSPS) is 11.4. The molecule has 0 atom stereocenters. The summed E-state index contributed by atoms with van der Waals surface area (Å²) in [7, 11) is 1.61. The van der Waals surface area contributed by atoms with Gasteiger partial charge in [0, 0.05) is 17.7 Å². The van der Waals surface area contributed by atoms with Crippen LogP contribution in [0.25, 0.3) is 11.3 Å². The van der Waals surface area contributed by atoms with Crippen LogP contribution in [-0.2, 0) is 5.54 Å². The summed E-state index contributed by atoms with van der Waals surface area (Å²) < 4.78 is 6.81. The van der Waals surface area contributed by atoms with E-state index in [-0.39, 0.29) is 16.8 Å². The number of aromatic nitrogens is 1. The number of hydrogen-bond donors (Lipinski definition) is 1. The van der Waals surface area contributed by atoms with Crippen molar-refractivity contribution >= 4 is 0 Å². The highest BCUT2D eigenvalue weighted by atomic mass is 16.5. The zero-order valence-corrected chi connectivity index (χ0v) is 12.2. The molecule has 0 aliphatic rings. The second kappa shape index (κ2) is 5.04. The second-order valence-electron chi connectivity index (χ2n) is 5.67. The number of rotatable bonds is 2. The van der Waals surface area contributed by atoms with Gasteiger partial charge in [-0.05, 0) is 50.6 Å². The maximum Gasteiger partial charge on any atom is 0.255 e. The van der Waals surface area contributed by atoms with Crippen molar-refractivity contribution < 1.29 is 9.84 Å². The SMILES string of the molecule is COc1ccc(-c2cc(O)cc(=O)n2C(C)(C)C)cc1. The van der Waals surface area contributed by atoms with Crippen molar-refractivity contribution in [2.75, 3.05) is 7.11 Å². The van der Waals surface area contributed by atoms with Gasteiger partial charge in [-0.1, -0.05) is 0 Å². The predicted molar refractivity (Wildman–Crippen MR) is 79.4 cm³/mol. The summed E-state index contributed by atoms with van der Waals surface area (Å²) in [5, 5.41) is 9.71. The average Bonchev–Trinajstić information content (AvgIpc) is 2.36. The lowest BCUT2D eigenvalue weighted by atomic mass is 10.0. The highest BCUT2D eigenvalue weighted by Gasteiger charge is 2.20. The van der Waals surface area contributed by atoms with E-state index in [2.05, 4.69) is 0 Å². The van der Waals surface area contributed by atoms with Crippen LogP contribution < -0.4 is 10.3 Å². The van der Waals surface area contributed by atoms with E-state index in [1.807, 2.05) is 45.0 Å². The van der Waals surface area contributed by atoms with Gasteiger partial charge < -0.3 is 14.4 Å². The molecule has 4 heteroatoms. The zero-order chi connectivity index (χ0) is 14.9. The maximum absolute atomic E-state index is 12.2. The summed E-state index contributed by atoms with van der Waals surface area (Å²) >= 11 is 0. The van der Waals surface area contributed by atoms with E-state index in [1.165, 1.54) is 6.07 Å². The van der Waals surface area contributed by atoms with E-state index in [0.29, 0.717) is 5.69 Å². The number of nitrogens with zero attached hydrogens (tertiary/aromatic N) is 1. The van der Waals surface area contributed by atoms with E-state index in [1.54, 1.807) is 17.7 Å². The zero-order valence-electron chi connectivity index (χ0n) is 12.2. The van der Waals surface area contributed by atoms with E-state index in [4.69, 9.17) is 4.74 Å². The minimum atomic E-state index is -0.375. The quantitative estimate of drug-likeness (QED) is 0.915. The fourth-order valence-corrected chi connectivity index (χ4v) is 2.22. The summed E-state index contributed by atoms with van der Waals surface area (Å²) in [6.07, 6.45) is 0. The Balaban J connectivity index is 2.68. The van der Waals surface area contributed by atoms with E-state index in [9.17, 15) is 9.90 Å². The molecule has 0 radical (unpaired) electrons. The standard InChI is InChI=1S/C16H19NO3/c1-16(2,3)17-14(9-12(18)10-15(17)19)11-5-7-13(20-4)8-6-11/h5-10,18H,1-4H3. The minimum Gasteiger partial charge on any atom is -0.508 e. The molecule has 1 aromatic carbocycles. The van der Waals surface area contributed by atoms with Gasteiger partial charge in [0.2, 0.25) is 0 Å². The van der Waals surface area contributed by atoms with Crippen molar-refractivity contribution in [3.8, 4) is 22.8 Å². The molecule has 106 valence electrons. The Kier molecular flexibility index (Phi) is 3.57. The molecule has 0 saturated heterocycles. The first-order chi connectivity index (χ1) is 9.32. The van der Waals surface area contributed by atoms with Crippen molar-refractivity contribution in [2.24, 2.45) is 0 Å².